The number of carbonyl (C=O) groups excluding carboxylic acids is 1. The molecule has 1 spiro atoms. The van der Waals surface area contributed by atoms with Gasteiger partial charge in [0.2, 0.25) is 0 Å². The molecule has 0 aromatic rings. The maximum atomic E-state index is 14.3. The molecule has 36 heavy (non-hydrogen) atoms. The van der Waals surface area contributed by atoms with E-state index >= 15 is 0 Å². The largest absolute Gasteiger partial charge is 0.478 e. The van der Waals surface area contributed by atoms with Crippen LogP contribution < -0.4 is 0 Å². The van der Waals surface area contributed by atoms with Gasteiger partial charge in [-0.1, -0.05) is 59.6 Å². The average Bonchev–Trinajstić information content (AvgIpc) is 3.11. The molecule has 6 nitrogen and oxygen atoms in total. The SMILES string of the molecule is CCCC[C@H](C1=CC=C(C(=O)O)CC1)N1C(=O)C(N2CCC(C)CC2)=NC12CCC(C(C)(C)C)CC2. The van der Waals surface area contributed by atoms with Gasteiger partial charge in [0.1, 0.15) is 5.66 Å². The van der Waals surface area contributed by atoms with Crippen molar-refractivity contribution in [3.63, 3.8) is 0 Å². The molecule has 1 saturated heterocycles. The molecule has 2 heterocycles. The molecule has 0 aromatic heterocycles. The number of hydrogen-bond donors (Lipinski definition) is 1. The predicted molar refractivity (Wildman–Crippen MR) is 145 cm³/mol. The van der Waals surface area contributed by atoms with E-state index in [0.29, 0.717) is 36.1 Å². The number of likely N-dealkylation sites (tertiary alicyclic amines) is 1. The van der Waals surface area contributed by atoms with Crippen molar-refractivity contribution in [3.05, 3.63) is 23.3 Å². The monoisotopic (exact) mass is 497 g/mol. The summed E-state index contributed by atoms with van der Waals surface area (Å²) < 4.78 is 0. The number of nitrogens with zero attached hydrogens (tertiary/aromatic N) is 3. The molecule has 0 radical (unpaired) electrons. The zero-order valence-corrected chi connectivity index (χ0v) is 23.2. The van der Waals surface area contributed by atoms with Gasteiger partial charge in [-0.05, 0) is 80.6 Å². The molecular weight excluding hydrogens is 450 g/mol. The third kappa shape index (κ3) is 5.43. The highest BCUT2D eigenvalue weighted by atomic mass is 16.4. The van der Waals surface area contributed by atoms with Crippen molar-refractivity contribution in [2.24, 2.45) is 22.2 Å². The highest BCUT2D eigenvalue weighted by Crippen LogP contribution is 2.48. The van der Waals surface area contributed by atoms with Crippen LogP contribution in [0.2, 0.25) is 0 Å². The molecule has 0 bridgehead atoms. The molecule has 2 aliphatic carbocycles. The Kier molecular flexibility index (Phi) is 8.01. The van der Waals surface area contributed by atoms with E-state index in [-0.39, 0.29) is 17.4 Å². The molecule has 0 unspecified atom stereocenters. The van der Waals surface area contributed by atoms with Crippen molar-refractivity contribution in [1.29, 1.82) is 0 Å². The van der Waals surface area contributed by atoms with Crippen LogP contribution in [0.25, 0.3) is 0 Å². The highest BCUT2D eigenvalue weighted by Gasteiger charge is 2.53. The molecule has 1 saturated carbocycles. The Morgan fingerprint density at radius 3 is 2.33 bits per heavy atom. The van der Waals surface area contributed by atoms with Crippen LogP contribution in [0.4, 0.5) is 0 Å². The van der Waals surface area contributed by atoms with Gasteiger partial charge in [-0.15, -0.1) is 0 Å². The van der Waals surface area contributed by atoms with Gasteiger partial charge in [0.25, 0.3) is 5.91 Å². The van der Waals surface area contributed by atoms with Crippen LogP contribution in [0.1, 0.15) is 105 Å². The first-order chi connectivity index (χ1) is 17.1. The summed E-state index contributed by atoms with van der Waals surface area (Å²) in [7, 11) is 0. The summed E-state index contributed by atoms with van der Waals surface area (Å²) in [6, 6.07) is -0.0137. The number of unbranched alkanes of at least 4 members (excludes halogenated alkanes) is 1. The van der Waals surface area contributed by atoms with Gasteiger partial charge in [0, 0.05) is 18.7 Å². The molecule has 6 heteroatoms. The fourth-order valence-electron chi connectivity index (χ4n) is 6.74. The van der Waals surface area contributed by atoms with Gasteiger partial charge in [0.15, 0.2) is 5.84 Å². The summed E-state index contributed by atoms with van der Waals surface area (Å²) in [6.07, 6.45) is 14.2. The molecule has 4 aliphatic rings. The van der Waals surface area contributed by atoms with Crippen LogP contribution in [0.5, 0.6) is 0 Å². The second-order valence-electron chi connectivity index (χ2n) is 12.8. The number of aliphatic imine (C=N–C) groups is 1. The van der Waals surface area contributed by atoms with Gasteiger partial charge in [-0.3, -0.25) is 4.79 Å². The Hall–Kier alpha value is -2.11. The van der Waals surface area contributed by atoms with E-state index in [0.717, 1.165) is 70.9 Å². The smallest absolute Gasteiger partial charge is 0.331 e. The zero-order chi connectivity index (χ0) is 26.1. The fraction of sp³-hybridized carbons (Fsp3) is 0.767. The zero-order valence-electron chi connectivity index (χ0n) is 23.2. The first-order valence-corrected chi connectivity index (χ1v) is 14.4. The first kappa shape index (κ1) is 26.9. The van der Waals surface area contributed by atoms with Crippen molar-refractivity contribution >= 4 is 17.7 Å². The number of rotatable bonds is 6. The second-order valence-corrected chi connectivity index (χ2v) is 12.8. The molecule has 4 rings (SSSR count). The lowest BCUT2D eigenvalue weighted by molar-refractivity contribution is -0.134. The maximum Gasteiger partial charge on any atom is 0.331 e. The summed E-state index contributed by atoms with van der Waals surface area (Å²) >= 11 is 0. The number of carbonyl (C=O) groups is 2. The van der Waals surface area contributed by atoms with Gasteiger partial charge in [-0.25, -0.2) is 9.79 Å². The molecule has 2 fully saturated rings. The van der Waals surface area contributed by atoms with Crippen LogP contribution in [0.15, 0.2) is 28.3 Å². The summed E-state index contributed by atoms with van der Waals surface area (Å²) in [5.74, 6) is 1.30. The quantitative estimate of drug-likeness (QED) is 0.475. The summed E-state index contributed by atoms with van der Waals surface area (Å²) in [5.41, 5.74) is 1.45. The molecule has 1 N–H and O–H groups in total. The van der Waals surface area contributed by atoms with Crippen LogP contribution in [-0.4, -0.2) is 57.4 Å². The second kappa shape index (κ2) is 10.7. The summed E-state index contributed by atoms with van der Waals surface area (Å²) in [6.45, 7) is 13.3. The van der Waals surface area contributed by atoms with Crippen LogP contribution in [0, 0.1) is 17.3 Å². The number of aliphatic carboxylic acids is 1. The van der Waals surface area contributed by atoms with E-state index < -0.39 is 11.6 Å². The number of carboxylic acids is 1. The van der Waals surface area contributed by atoms with Crippen molar-refractivity contribution < 1.29 is 14.7 Å². The van der Waals surface area contributed by atoms with Crippen molar-refractivity contribution in [3.8, 4) is 0 Å². The Balaban J connectivity index is 1.69. The van der Waals surface area contributed by atoms with Crippen molar-refractivity contribution in [2.45, 2.75) is 117 Å². The maximum absolute atomic E-state index is 14.3. The highest BCUT2D eigenvalue weighted by molar-refractivity contribution is 6.39. The van der Waals surface area contributed by atoms with E-state index in [1.165, 1.54) is 5.57 Å². The standard InChI is InChI=1S/C30H47N3O3/c1-6-7-8-25(22-9-11-23(12-10-22)28(35)36)33-27(34)26(32-19-15-21(2)16-20-32)31-30(33)17-13-24(14-18-30)29(3,4)5/h9,11,21,24-25H,6-8,10,12-20H2,1-5H3,(H,35,36)/t24?,25-,30?/m1/s1. The minimum atomic E-state index is -0.838. The minimum absolute atomic E-state index is 0.0137. The van der Waals surface area contributed by atoms with Crippen molar-refractivity contribution in [2.75, 3.05) is 13.1 Å². The normalized spacial score (nSPS) is 28.8. The van der Waals surface area contributed by atoms with Gasteiger partial charge in [0.05, 0.1) is 6.04 Å². The van der Waals surface area contributed by atoms with Gasteiger partial charge >= 0.3 is 5.97 Å². The van der Waals surface area contributed by atoms with Crippen LogP contribution in [-0.2, 0) is 9.59 Å². The van der Waals surface area contributed by atoms with Gasteiger partial charge in [-0.2, -0.15) is 0 Å². The van der Waals surface area contributed by atoms with E-state index in [9.17, 15) is 14.7 Å². The number of carboxylic acid groups (broad SMARTS) is 1. The first-order valence-electron chi connectivity index (χ1n) is 14.4. The molecule has 0 aromatic carbocycles. The Bertz CT molecular complexity index is 926. The molecular formula is C30H47N3O3. The predicted octanol–water partition coefficient (Wildman–Crippen LogP) is 6.18. The summed E-state index contributed by atoms with van der Waals surface area (Å²) in [5, 5.41) is 9.46. The Morgan fingerprint density at radius 2 is 1.81 bits per heavy atom. The van der Waals surface area contributed by atoms with E-state index in [1.807, 2.05) is 6.08 Å². The Labute approximate surface area is 217 Å². The number of allylic oxidation sites excluding steroid dienone is 2. The van der Waals surface area contributed by atoms with Crippen LogP contribution >= 0.6 is 0 Å². The molecule has 2 aliphatic heterocycles. The van der Waals surface area contributed by atoms with Crippen molar-refractivity contribution in [1.82, 2.24) is 9.80 Å². The number of amidine groups is 1. The van der Waals surface area contributed by atoms with Crippen LogP contribution in [0.3, 0.4) is 0 Å². The van der Waals surface area contributed by atoms with E-state index in [1.54, 1.807) is 6.08 Å². The molecule has 200 valence electrons. The number of amides is 1. The minimum Gasteiger partial charge on any atom is -0.478 e. The number of piperidine rings is 1. The fourth-order valence-corrected chi connectivity index (χ4v) is 6.74. The Morgan fingerprint density at radius 1 is 1.14 bits per heavy atom. The molecule has 1 atom stereocenters. The lowest BCUT2D eigenvalue weighted by Gasteiger charge is -2.48. The van der Waals surface area contributed by atoms with E-state index in [2.05, 4.69) is 44.4 Å². The van der Waals surface area contributed by atoms with E-state index in [4.69, 9.17) is 4.99 Å². The third-order valence-corrected chi connectivity index (χ3v) is 9.29. The lowest BCUT2D eigenvalue weighted by Crippen LogP contribution is -2.56. The topological polar surface area (TPSA) is 73.2 Å². The molecule has 1 amide bonds. The van der Waals surface area contributed by atoms with Gasteiger partial charge < -0.3 is 14.9 Å². The number of hydrogen-bond acceptors (Lipinski definition) is 4. The lowest BCUT2D eigenvalue weighted by atomic mass is 9.69. The third-order valence-electron chi connectivity index (χ3n) is 9.29. The average molecular weight is 498 g/mol. The summed E-state index contributed by atoms with van der Waals surface area (Å²) in [4.78, 5) is 35.6.